The topological polar surface area (TPSA) is 75.8 Å². The van der Waals surface area contributed by atoms with Crippen LogP contribution in [-0.4, -0.2) is 22.1 Å². The largest absolute Gasteiger partial charge is 0.352 e. The first-order chi connectivity index (χ1) is 6.11. The molecule has 1 heterocycles. The van der Waals surface area contributed by atoms with E-state index in [0.29, 0.717) is 17.9 Å². The highest BCUT2D eigenvalue weighted by Gasteiger charge is 1.98. The minimum absolute atomic E-state index is 0.488. The van der Waals surface area contributed by atoms with Gasteiger partial charge >= 0.3 is 6.03 Å². The number of aromatic amines is 1. The Morgan fingerprint density at radius 3 is 3.00 bits per heavy atom. The van der Waals surface area contributed by atoms with Gasteiger partial charge in [0.2, 0.25) is 0 Å². The lowest BCUT2D eigenvalue weighted by atomic mass is 10.5. The van der Waals surface area contributed by atoms with E-state index < -0.39 is 6.03 Å². The van der Waals surface area contributed by atoms with E-state index in [1.54, 1.807) is 0 Å². The average molecular weight is 200 g/mol. The van der Waals surface area contributed by atoms with Crippen molar-refractivity contribution >= 4 is 18.2 Å². The molecule has 0 unspecified atom stereocenters. The Labute approximate surface area is 80.9 Å². The number of primary amides is 1. The summed E-state index contributed by atoms with van der Waals surface area (Å²) in [5, 5.41) is 2.50. The molecule has 0 aliphatic heterocycles. The number of carbonyl (C=O) groups is 1. The van der Waals surface area contributed by atoms with Gasteiger partial charge in [-0.3, -0.25) is 0 Å². The van der Waals surface area contributed by atoms with E-state index in [-0.39, 0.29) is 0 Å². The van der Waals surface area contributed by atoms with Crippen LogP contribution >= 0.6 is 12.2 Å². The van der Waals surface area contributed by atoms with Gasteiger partial charge in [0, 0.05) is 25.0 Å². The van der Waals surface area contributed by atoms with Crippen LogP contribution in [0.15, 0.2) is 6.20 Å². The summed E-state index contributed by atoms with van der Waals surface area (Å²) in [5.74, 6) is 0. The van der Waals surface area contributed by atoms with E-state index in [9.17, 15) is 4.79 Å². The molecule has 6 heteroatoms. The molecular weight excluding hydrogens is 188 g/mol. The highest BCUT2D eigenvalue weighted by Crippen LogP contribution is 1.97. The molecule has 1 aromatic rings. The van der Waals surface area contributed by atoms with Crippen LogP contribution in [0.2, 0.25) is 0 Å². The van der Waals surface area contributed by atoms with Crippen LogP contribution in [-0.2, 0) is 6.54 Å². The summed E-state index contributed by atoms with van der Waals surface area (Å²) in [4.78, 5) is 13.3. The van der Waals surface area contributed by atoms with Gasteiger partial charge in [-0.1, -0.05) is 0 Å². The number of aromatic nitrogens is 2. The molecule has 0 bridgehead atoms. The van der Waals surface area contributed by atoms with Gasteiger partial charge in [-0.05, 0) is 19.1 Å². The number of amides is 2. The number of H-pyrrole nitrogens is 1. The summed E-state index contributed by atoms with van der Waals surface area (Å²) in [7, 11) is 0. The molecule has 0 atom stereocenters. The molecule has 1 aromatic heterocycles. The van der Waals surface area contributed by atoms with E-state index in [4.69, 9.17) is 18.0 Å². The third kappa shape index (κ3) is 2.59. The maximum Gasteiger partial charge on any atom is 0.312 e. The second-order valence-electron chi connectivity index (χ2n) is 2.68. The van der Waals surface area contributed by atoms with Gasteiger partial charge in [0.25, 0.3) is 0 Å². The minimum atomic E-state index is -0.514. The fourth-order valence-electron chi connectivity index (χ4n) is 1.05. The minimum Gasteiger partial charge on any atom is -0.352 e. The molecule has 0 saturated heterocycles. The van der Waals surface area contributed by atoms with E-state index in [1.807, 2.05) is 17.7 Å². The molecule has 0 aromatic carbocycles. The normalized spacial score (nSPS) is 9.92. The molecule has 0 aliphatic rings. The quantitative estimate of drug-likeness (QED) is 0.622. The van der Waals surface area contributed by atoms with Crippen LogP contribution in [0, 0.1) is 11.7 Å². The van der Waals surface area contributed by atoms with Crippen LogP contribution in [0.5, 0.6) is 0 Å². The van der Waals surface area contributed by atoms with Gasteiger partial charge in [0.1, 0.15) is 0 Å². The number of nitrogens with two attached hydrogens (primary N) is 1. The van der Waals surface area contributed by atoms with Gasteiger partial charge in [0.05, 0.1) is 0 Å². The van der Waals surface area contributed by atoms with Crippen LogP contribution in [0.4, 0.5) is 4.79 Å². The highest BCUT2D eigenvalue weighted by atomic mass is 32.1. The number of nitrogens with one attached hydrogen (secondary N) is 2. The molecule has 0 spiro atoms. The second kappa shape index (κ2) is 4.08. The number of hydrogen-bond acceptors (Lipinski definition) is 2. The third-order valence-corrected chi connectivity index (χ3v) is 2.05. The van der Waals surface area contributed by atoms with Crippen LogP contribution in [0.3, 0.4) is 0 Å². The predicted molar refractivity (Wildman–Crippen MR) is 51.9 cm³/mol. The molecule has 2 amide bonds. The highest BCUT2D eigenvalue weighted by molar-refractivity contribution is 7.71. The van der Waals surface area contributed by atoms with Crippen molar-refractivity contribution in [3.05, 3.63) is 16.7 Å². The molecule has 72 valence electrons. The summed E-state index contributed by atoms with van der Waals surface area (Å²) in [6.07, 6.45) is 1.83. The summed E-state index contributed by atoms with van der Waals surface area (Å²) >= 11 is 5.02. The SMILES string of the molecule is Cc1c[nH]c(=S)n1CCNC(N)=O. The fourth-order valence-corrected chi connectivity index (χ4v) is 1.35. The number of hydrogen-bond donors (Lipinski definition) is 3. The lowest BCUT2D eigenvalue weighted by Crippen LogP contribution is -2.32. The maximum atomic E-state index is 10.4. The van der Waals surface area contributed by atoms with Crippen molar-refractivity contribution in [2.45, 2.75) is 13.5 Å². The van der Waals surface area contributed by atoms with Gasteiger partial charge in [0.15, 0.2) is 4.77 Å². The van der Waals surface area contributed by atoms with Crippen molar-refractivity contribution in [2.24, 2.45) is 5.73 Å². The zero-order valence-corrected chi connectivity index (χ0v) is 8.15. The molecule has 4 N–H and O–H groups in total. The van der Waals surface area contributed by atoms with Crippen LogP contribution in [0.25, 0.3) is 0 Å². The molecule has 13 heavy (non-hydrogen) atoms. The van der Waals surface area contributed by atoms with Gasteiger partial charge in [-0.15, -0.1) is 0 Å². The predicted octanol–water partition coefficient (Wildman–Crippen LogP) is 0.522. The standard InChI is InChI=1S/C7H12N4OS/c1-5-4-10-7(13)11(5)3-2-9-6(8)12/h4H,2-3H2,1H3,(H,10,13)(H3,8,9,12). The van der Waals surface area contributed by atoms with Gasteiger partial charge < -0.3 is 20.6 Å². The zero-order chi connectivity index (χ0) is 9.84. The summed E-state index contributed by atoms with van der Waals surface area (Å²) in [6.45, 7) is 3.07. The van der Waals surface area contributed by atoms with Crippen molar-refractivity contribution in [3.8, 4) is 0 Å². The Balaban J connectivity index is 2.54. The Kier molecular flexibility index (Phi) is 3.07. The summed E-state index contributed by atoms with van der Waals surface area (Å²) in [5.41, 5.74) is 5.95. The number of carbonyl (C=O) groups excluding carboxylic acids is 1. The van der Waals surface area contributed by atoms with E-state index in [2.05, 4.69) is 10.3 Å². The second-order valence-corrected chi connectivity index (χ2v) is 3.06. The first-order valence-electron chi connectivity index (χ1n) is 3.89. The zero-order valence-electron chi connectivity index (χ0n) is 7.33. The maximum absolute atomic E-state index is 10.4. The summed E-state index contributed by atoms with van der Waals surface area (Å²) in [6, 6.07) is -0.514. The fraction of sp³-hybridized carbons (Fsp3) is 0.429. The molecule has 0 radical (unpaired) electrons. The van der Waals surface area contributed by atoms with Gasteiger partial charge in [-0.2, -0.15) is 0 Å². The average Bonchev–Trinajstić information content (AvgIpc) is 2.34. The number of rotatable bonds is 3. The smallest absolute Gasteiger partial charge is 0.312 e. The van der Waals surface area contributed by atoms with Crippen LogP contribution in [0.1, 0.15) is 5.69 Å². The molecule has 0 saturated carbocycles. The van der Waals surface area contributed by atoms with Crippen molar-refractivity contribution in [1.82, 2.24) is 14.9 Å². The molecule has 1 rings (SSSR count). The lowest BCUT2D eigenvalue weighted by Gasteiger charge is -2.04. The van der Waals surface area contributed by atoms with E-state index >= 15 is 0 Å². The Morgan fingerprint density at radius 2 is 2.54 bits per heavy atom. The molecule has 5 nitrogen and oxygen atoms in total. The van der Waals surface area contributed by atoms with Crippen molar-refractivity contribution in [3.63, 3.8) is 0 Å². The third-order valence-electron chi connectivity index (χ3n) is 1.71. The monoisotopic (exact) mass is 200 g/mol. The van der Waals surface area contributed by atoms with E-state index in [1.165, 1.54) is 0 Å². The summed E-state index contributed by atoms with van der Waals surface area (Å²) < 4.78 is 2.55. The lowest BCUT2D eigenvalue weighted by molar-refractivity contribution is 0.248. The number of nitrogens with zero attached hydrogens (tertiary/aromatic N) is 1. The molecular formula is C7H12N4OS. The number of urea groups is 1. The Hall–Kier alpha value is -1.30. The van der Waals surface area contributed by atoms with Gasteiger partial charge in [-0.25, -0.2) is 4.79 Å². The number of aryl methyl sites for hydroxylation is 1. The number of imidazole rings is 1. The Morgan fingerprint density at radius 1 is 1.85 bits per heavy atom. The van der Waals surface area contributed by atoms with Crippen molar-refractivity contribution in [1.29, 1.82) is 0 Å². The van der Waals surface area contributed by atoms with Crippen LogP contribution < -0.4 is 11.1 Å². The van der Waals surface area contributed by atoms with Crippen molar-refractivity contribution < 1.29 is 4.79 Å². The van der Waals surface area contributed by atoms with Crippen molar-refractivity contribution in [2.75, 3.05) is 6.54 Å². The molecule has 0 aliphatic carbocycles. The molecule has 0 fully saturated rings. The Bertz CT molecular complexity index is 354. The first-order valence-corrected chi connectivity index (χ1v) is 4.30. The first kappa shape index (κ1) is 9.79. The van der Waals surface area contributed by atoms with E-state index in [0.717, 1.165) is 5.69 Å².